The molecule has 1 aliphatic rings. The molecule has 3 heteroatoms. The van der Waals surface area contributed by atoms with Crippen LogP contribution >= 0.6 is 0 Å². The highest BCUT2D eigenvalue weighted by Gasteiger charge is 2.22. The zero-order chi connectivity index (χ0) is 11.1. The molecule has 0 aliphatic heterocycles. The number of aliphatic imine (C=N–C) groups is 1. The first-order chi connectivity index (χ1) is 7.26. The van der Waals surface area contributed by atoms with Gasteiger partial charge >= 0.3 is 0 Å². The molecule has 0 aromatic rings. The van der Waals surface area contributed by atoms with Crippen molar-refractivity contribution in [3.8, 4) is 0 Å². The molecule has 1 rings (SSSR count). The molecule has 0 radical (unpaired) electrons. The van der Waals surface area contributed by atoms with E-state index in [0.717, 1.165) is 5.96 Å². The number of hydrogen-bond acceptors (Lipinski definition) is 1. The number of guanidine groups is 1. The van der Waals surface area contributed by atoms with Crippen molar-refractivity contribution in [2.24, 2.45) is 4.99 Å². The van der Waals surface area contributed by atoms with Gasteiger partial charge in [-0.25, -0.2) is 0 Å². The Kier molecular flexibility index (Phi) is 5.51. The molecular weight excluding hydrogens is 186 g/mol. The molecule has 15 heavy (non-hydrogen) atoms. The second-order valence-electron chi connectivity index (χ2n) is 4.53. The van der Waals surface area contributed by atoms with Gasteiger partial charge in [0.25, 0.3) is 0 Å². The molecule has 0 bridgehead atoms. The van der Waals surface area contributed by atoms with Crippen LogP contribution in [0.4, 0.5) is 0 Å². The third kappa shape index (κ3) is 5.65. The highest BCUT2D eigenvalue weighted by Crippen LogP contribution is 2.18. The van der Waals surface area contributed by atoms with E-state index in [4.69, 9.17) is 0 Å². The fourth-order valence-electron chi connectivity index (χ4n) is 1.60. The fraction of sp³-hybridized carbons (Fsp3) is 0.917. The molecule has 3 nitrogen and oxygen atoms in total. The molecule has 0 amide bonds. The summed E-state index contributed by atoms with van der Waals surface area (Å²) in [4.78, 5) is 4.23. The molecule has 88 valence electrons. The Morgan fingerprint density at radius 1 is 1.40 bits per heavy atom. The molecule has 0 aromatic heterocycles. The van der Waals surface area contributed by atoms with E-state index in [1.807, 2.05) is 7.05 Å². The maximum atomic E-state index is 4.23. The Labute approximate surface area is 93.7 Å². The van der Waals surface area contributed by atoms with Crippen molar-refractivity contribution in [1.29, 1.82) is 0 Å². The van der Waals surface area contributed by atoms with Gasteiger partial charge < -0.3 is 10.6 Å². The number of unbranched alkanes of at least 4 members (excludes halogenated alkanes) is 2. The van der Waals surface area contributed by atoms with Crippen LogP contribution in [-0.4, -0.2) is 25.1 Å². The van der Waals surface area contributed by atoms with Gasteiger partial charge in [-0.05, 0) is 26.2 Å². The Bertz CT molecular complexity index is 197. The predicted octanol–water partition coefficient (Wildman–Crippen LogP) is 2.28. The van der Waals surface area contributed by atoms with Gasteiger partial charge in [0.05, 0.1) is 0 Å². The molecule has 0 spiro atoms. The van der Waals surface area contributed by atoms with Gasteiger partial charge in [-0.1, -0.05) is 26.2 Å². The summed E-state index contributed by atoms with van der Waals surface area (Å²) >= 11 is 0. The highest BCUT2D eigenvalue weighted by molar-refractivity contribution is 5.80. The minimum Gasteiger partial charge on any atom is -0.354 e. The standard InChI is InChI=1S/C12H25N3/c1-4-5-6-7-10(2)14-12(13-3)15-11-8-9-11/h10-11H,4-9H2,1-3H3,(H2,13,14,15). The van der Waals surface area contributed by atoms with E-state index in [0.29, 0.717) is 12.1 Å². The molecule has 0 heterocycles. The van der Waals surface area contributed by atoms with Gasteiger partial charge in [0.1, 0.15) is 0 Å². The molecular formula is C12H25N3. The topological polar surface area (TPSA) is 36.4 Å². The van der Waals surface area contributed by atoms with Crippen LogP contribution in [0.2, 0.25) is 0 Å². The first kappa shape index (κ1) is 12.3. The van der Waals surface area contributed by atoms with Gasteiger partial charge in [0, 0.05) is 19.1 Å². The second kappa shape index (κ2) is 6.70. The molecule has 1 unspecified atom stereocenters. The van der Waals surface area contributed by atoms with Crippen molar-refractivity contribution in [2.75, 3.05) is 7.05 Å². The summed E-state index contributed by atoms with van der Waals surface area (Å²) < 4.78 is 0. The molecule has 1 aliphatic carbocycles. The molecule has 0 aromatic carbocycles. The van der Waals surface area contributed by atoms with E-state index in [-0.39, 0.29) is 0 Å². The van der Waals surface area contributed by atoms with Gasteiger partial charge in [-0.15, -0.1) is 0 Å². The Hall–Kier alpha value is -0.730. The van der Waals surface area contributed by atoms with Crippen molar-refractivity contribution in [1.82, 2.24) is 10.6 Å². The minimum absolute atomic E-state index is 0.529. The van der Waals surface area contributed by atoms with Gasteiger partial charge in [-0.2, -0.15) is 0 Å². The van der Waals surface area contributed by atoms with Crippen LogP contribution in [0.3, 0.4) is 0 Å². The van der Waals surface area contributed by atoms with Crippen LogP contribution in [0.5, 0.6) is 0 Å². The quantitative estimate of drug-likeness (QED) is 0.402. The van der Waals surface area contributed by atoms with Crippen LogP contribution in [0.15, 0.2) is 4.99 Å². The predicted molar refractivity (Wildman–Crippen MR) is 66.3 cm³/mol. The summed E-state index contributed by atoms with van der Waals surface area (Å²) in [6, 6.07) is 1.21. The minimum atomic E-state index is 0.529. The van der Waals surface area contributed by atoms with Crippen molar-refractivity contribution in [3.05, 3.63) is 0 Å². The summed E-state index contributed by atoms with van der Waals surface area (Å²) in [5.41, 5.74) is 0. The van der Waals surface area contributed by atoms with Crippen molar-refractivity contribution >= 4 is 5.96 Å². The zero-order valence-corrected chi connectivity index (χ0v) is 10.3. The zero-order valence-electron chi connectivity index (χ0n) is 10.3. The van der Waals surface area contributed by atoms with Gasteiger partial charge in [0.2, 0.25) is 0 Å². The third-order valence-corrected chi connectivity index (χ3v) is 2.77. The summed E-state index contributed by atoms with van der Waals surface area (Å²) in [5, 5.41) is 6.84. The number of hydrogen-bond donors (Lipinski definition) is 2. The lowest BCUT2D eigenvalue weighted by Crippen LogP contribution is -2.43. The van der Waals surface area contributed by atoms with Crippen LogP contribution in [0, 0.1) is 0 Å². The normalized spacial score (nSPS) is 18.7. The average molecular weight is 211 g/mol. The van der Waals surface area contributed by atoms with E-state index in [9.17, 15) is 0 Å². The number of rotatable bonds is 6. The first-order valence-corrected chi connectivity index (χ1v) is 6.26. The lowest BCUT2D eigenvalue weighted by molar-refractivity contribution is 0.546. The average Bonchev–Trinajstić information content (AvgIpc) is 3.01. The summed E-state index contributed by atoms with van der Waals surface area (Å²) in [6.45, 7) is 4.47. The van der Waals surface area contributed by atoms with Crippen LogP contribution in [0.25, 0.3) is 0 Å². The van der Waals surface area contributed by atoms with E-state index in [2.05, 4.69) is 29.5 Å². The van der Waals surface area contributed by atoms with E-state index in [1.165, 1.54) is 38.5 Å². The number of nitrogens with one attached hydrogen (secondary N) is 2. The largest absolute Gasteiger partial charge is 0.354 e. The monoisotopic (exact) mass is 211 g/mol. The SMILES string of the molecule is CCCCCC(C)NC(=NC)NC1CC1. The summed E-state index contributed by atoms with van der Waals surface area (Å²) in [6.07, 6.45) is 7.77. The Balaban J connectivity index is 2.12. The maximum absolute atomic E-state index is 4.23. The second-order valence-corrected chi connectivity index (χ2v) is 4.53. The molecule has 1 saturated carbocycles. The van der Waals surface area contributed by atoms with Gasteiger partial charge in [0.15, 0.2) is 5.96 Å². The smallest absolute Gasteiger partial charge is 0.191 e. The molecule has 0 saturated heterocycles. The Morgan fingerprint density at radius 2 is 2.13 bits per heavy atom. The molecule has 2 N–H and O–H groups in total. The third-order valence-electron chi connectivity index (χ3n) is 2.77. The van der Waals surface area contributed by atoms with Crippen LogP contribution in [-0.2, 0) is 0 Å². The van der Waals surface area contributed by atoms with E-state index in [1.54, 1.807) is 0 Å². The lowest BCUT2D eigenvalue weighted by atomic mass is 10.1. The number of nitrogens with zero attached hydrogens (tertiary/aromatic N) is 1. The van der Waals surface area contributed by atoms with Crippen molar-refractivity contribution in [2.45, 2.75) is 64.5 Å². The Morgan fingerprint density at radius 3 is 2.67 bits per heavy atom. The molecule has 1 fully saturated rings. The highest BCUT2D eigenvalue weighted by atomic mass is 15.2. The van der Waals surface area contributed by atoms with Crippen LogP contribution < -0.4 is 10.6 Å². The summed E-state index contributed by atoms with van der Waals surface area (Å²) in [7, 11) is 1.84. The van der Waals surface area contributed by atoms with Gasteiger partial charge in [-0.3, -0.25) is 4.99 Å². The fourth-order valence-corrected chi connectivity index (χ4v) is 1.60. The summed E-state index contributed by atoms with van der Waals surface area (Å²) in [5.74, 6) is 0.974. The van der Waals surface area contributed by atoms with Crippen LogP contribution in [0.1, 0.15) is 52.4 Å². The first-order valence-electron chi connectivity index (χ1n) is 6.26. The van der Waals surface area contributed by atoms with E-state index >= 15 is 0 Å². The van der Waals surface area contributed by atoms with Crippen molar-refractivity contribution in [3.63, 3.8) is 0 Å². The lowest BCUT2D eigenvalue weighted by Gasteiger charge is -2.17. The molecule has 1 atom stereocenters. The van der Waals surface area contributed by atoms with E-state index < -0.39 is 0 Å². The maximum Gasteiger partial charge on any atom is 0.191 e. The van der Waals surface area contributed by atoms with Crippen molar-refractivity contribution < 1.29 is 0 Å².